The number of ether oxygens (including phenoxy) is 1. The maximum atomic E-state index is 12.6. The van der Waals surface area contributed by atoms with Gasteiger partial charge in [-0.2, -0.15) is 10.2 Å². The van der Waals surface area contributed by atoms with Crippen molar-refractivity contribution >= 4 is 17.5 Å². The van der Waals surface area contributed by atoms with E-state index in [1.54, 1.807) is 31.0 Å². The monoisotopic (exact) mass is 410 g/mol. The largest absolute Gasteiger partial charge is 0.471 e. The number of aromatic nitrogens is 4. The van der Waals surface area contributed by atoms with E-state index in [4.69, 9.17) is 4.74 Å². The summed E-state index contributed by atoms with van der Waals surface area (Å²) in [5.74, 6) is 0.0773. The van der Waals surface area contributed by atoms with Gasteiger partial charge in [-0.1, -0.05) is 6.07 Å². The van der Waals surface area contributed by atoms with Gasteiger partial charge in [0.05, 0.1) is 11.9 Å². The Bertz CT molecular complexity index is 1050. The van der Waals surface area contributed by atoms with Crippen LogP contribution in [0.3, 0.4) is 0 Å². The summed E-state index contributed by atoms with van der Waals surface area (Å²) in [6.45, 7) is 6.57. The maximum absolute atomic E-state index is 12.6. The molecule has 0 radical (unpaired) electrons. The molecule has 158 valence electrons. The summed E-state index contributed by atoms with van der Waals surface area (Å²) < 4.78 is 8.85. The molecule has 0 saturated carbocycles. The van der Waals surface area contributed by atoms with Crippen LogP contribution in [0.25, 0.3) is 0 Å². The van der Waals surface area contributed by atoms with Gasteiger partial charge in [-0.3, -0.25) is 14.3 Å². The highest BCUT2D eigenvalue weighted by molar-refractivity contribution is 6.07. The van der Waals surface area contributed by atoms with Crippen molar-refractivity contribution in [1.82, 2.24) is 24.5 Å². The molecule has 0 unspecified atom stereocenters. The number of nitrogens with zero attached hydrogens (tertiary/aromatic N) is 5. The molecule has 0 atom stereocenters. The standard InChI is InChI=1S/C21H26N6O3/c1-6-27-19(21(29)25(4)5)18(12-22-27)23-20(28)17-7-8-26(24-17)13-30-16-10-14(2)9-15(3)11-16/h7-12H,6,13H2,1-5H3,(H,23,28). The van der Waals surface area contributed by atoms with Crippen molar-refractivity contribution in [3.63, 3.8) is 0 Å². The maximum Gasteiger partial charge on any atom is 0.276 e. The molecule has 0 aliphatic rings. The summed E-state index contributed by atoms with van der Waals surface area (Å²) in [6, 6.07) is 7.55. The van der Waals surface area contributed by atoms with Crippen LogP contribution in [0.5, 0.6) is 5.75 Å². The molecule has 3 aromatic rings. The van der Waals surface area contributed by atoms with Crippen LogP contribution in [0, 0.1) is 13.8 Å². The third kappa shape index (κ3) is 4.68. The van der Waals surface area contributed by atoms with Gasteiger partial charge in [-0.25, -0.2) is 4.68 Å². The van der Waals surface area contributed by atoms with Crippen molar-refractivity contribution in [2.75, 3.05) is 19.4 Å². The molecule has 0 aliphatic heterocycles. The Hall–Kier alpha value is -3.62. The predicted octanol–water partition coefficient (Wildman–Crippen LogP) is 2.71. The van der Waals surface area contributed by atoms with E-state index in [9.17, 15) is 9.59 Å². The van der Waals surface area contributed by atoms with E-state index >= 15 is 0 Å². The highest BCUT2D eigenvalue weighted by Gasteiger charge is 2.22. The van der Waals surface area contributed by atoms with E-state index in [-0.39, 0.29) is 18.3 Å². The second kappa shape index (κ2) is 8.81. The van der Waals surface area contributed by atoms with Gasteiger partial charge >= 0.3 is 0 Å². The molecule has 0 bridgehead atoms. The molecule has 1 aromatic carbocycles. The zero-order valence-corrected chi connectivity index (χ0v) is 17.8. The molecule has 1 N–H and O–H groups in total. The number of benzene rings is 1. The van der Waals surface area contributed by atoms with Crippen LogP contribution in [0.1, 0.15) is 39.0 Å². The highest BCUT2D eigenvalue weighted by atomic mass is 16.5. The van der Waals surface area contributed by atoms with Crippen LogP contribution in [-0.4, -0.2) is 50.4 Å². The molecule has 3 rings (SSSR count). The number of hydrogen-bond donors (Lipinski definition) is 1. The molecule has 0 fully saturated rings. The van der Waals surface area contributed by atoms with E-state index < -0.39 is 5.91 Å². The first-order valence-electron chi connectivity index (χ1n) is 9.61. The van der Waals surface area contributed by atoms with Crippen molar-refractivity contribution in [3.8, 4) is 5.75 Å². The minimum atomic E-state index is -0.427. The number of aryl methyl sites for hydroxylation is 3. The molecule has 9 nitrogen and oxygen atoms in total. The van der Waals surface area contributed by atoms with Crippen molar-refractivity contribution in [1.29, 1.82) is 0 Å². The Morgan fingerprint density at radius 1 is 1.17 bits per heavy atom. The Balaban J connectivity index is 1.70. The molecule has 9 heteroatoms. The van der Waals surface area contributed by atoms with Crippen LogP contribution in [0.4, 0.5) is 5.69 Å². The lowest BCUT2D eigenvalue weighted by Crippen LogP contribution is -2.26. The van der Waals surface area contributed by atoms with E-state index in [1.807, 2.05) is 32.9 Å². The van der Waals surface area contributed by atoms with Crippen LogP contribution in [0.15, 0.2) is 36.7 Å². The van der Waals surface area contributed by atoms with Gasteiger partial charge in [0.15, 0.2) is 12.4 Å². The molecule has 2 amide bonds. The summed E-state index contributed by atoms with van der Waals surface area (Å²) in [7, 11) is 3.30. The zero-order chi connectivity index (χ0) is 21.8. The van der Waals surface area contributed by atoms with Crippen LogP contribution >= 0.6 is 0 Å². The van der Waals surface area contributed by atoms with E-state index in [1.165, 1.54) is 15.8 Å². The number of amides is 2. The third-order valence-corrected chi connectivity index (χ3v) is 4.43. The van der Waals surface area contributed by atoms with E-state index in [0.717, 1.165) is 16.9 Å². The second-order valence-corrected chi connectivity index (χ2v) is 7.21. The van der Waals surface area contributed by atoms with Crippen LogP contribution in [0.2, 0.25) is 0 Å². The van der Waals surface area contributed by atoms with Gasteiger partial charge in [0.25, 0.3) is 11.8 Å². The molecule has 2 aromatic heterocycles. The normalized spacial score (nSPS) is 10.7. The van der Waals surface area contributed by atoms with Crippen molar-refractivity contribution in [2.45, 2.75) is 34.0 Å². The fourth-order valence-corrected chi connectivity index (χ4v) is 3.05. The third-order valence-electron chi connectivity index (χ3n) is 4.43. The van der Waals surface area contributed by atoms with Gasteiger partial charge in [0, 0.05) is 26.8 Å². The van der Waals surface area contributed by atoms with Crippen molar-refractivity contribution in [3.05, 3.63) is 59.2 Å². The topological polar surface area (TPSA) is 94.3 Å². The minimum absolute atomic E-state index is 0.175. The average molecular weight is 410 g/mol. The number of carbonyl (C=O) groups excluding carboxylic acids is 2. The second-order valence-electron chi connectivity index (χ2n) is 7.21. The summed E-state index contributed by atoms with van der Waals surface area (Å²) in [4.78, 5) is 26.6. The molecular weight excluding hydrogens is 384 g/mol. The first-order valence-corrected chi connectivity index (χ1v) is 9.61. The van der Waals surface area contributed by atoms with Gasteiger partial charge in [0.2, 0.25) is 0 Å². The Morgan fingerprint density at radius 2 is 1.87 bits per heavy atom. The smallest absolute Gasteiger partial charge is 0.276 e. The lowest BCUT2D eigenvalue weighted by molar-refractivity contribution is 0.0816. The molecule has 30 heavy (non-hydrogen) atoms. The SMILES string of the molecule is CCn1ncc(NC(=O)c2ccn(COc3cc(C)cc(C)c3)n2)c1C(=O)N(C)C. The van der Waals surface area contributed by atoms with Crippen LogP contribution < -0.4 is 10.1 Å². The minimum Gasteiger partial charge on any atom is -0.471 e. The lowest BCUT2D eigenvalue weighted by atomic mass is 10.1. The molecule has 0 saturated heterocycles. The zero-order valence-electron chi connectivity index (χ0n) is 17.8. The summed E-state index contributed by atoms with van der Waals surface area (Å²) in [6.07, 6.45) is 3.14. The summed E-state index contributed by atoms with van der Waals surface area (Å²) in [5.41, 5.74) is 3.11. The highest BCUT2D eigenvalue weighted by Crippen LogP contribution is 2.18. The Morgan fingerprint density at radius 3 is 2.50 bits per heavy atom. The van der Waals surface area contributed by atoms with Gasteiger partial charge in [-0.15, -0.1) is 0 Å². The van der Waals surface area contributed by atoms with Crippen molar-refractivity contribution in [2.24, 2.45) is 0 Å². The number of nitrogens with one attached hydrogen (secondary N) is 1. The quantitative estimate of drug-likeness (QED) is 0.646. The first-order chi connectivity index (χ1) is 14.3. The van der Waals surface area contributed by atoms with E-state index in [0.29, 0.717) is 17.9 Å². The molecule has 0 aliphatic carbocycles. The van der Waals surface area contributed by atoms with Gasteiger partial charge in [-0.05, 0) is 50.1 Å². The van der Waals surface area contributed by atoms with Crippen LogP contribution in [-0.2, 0) is 13.3 Å². The number of rotatable bonds is 7. The number of carbonyl (C=O) groups is 2. The van der Waals surface area contributed by atoms with E-state index in [2.05, 4.69) is 21.6 Å². The molecule has 2 heterocycles. The average Bonchev–Trinajstić information content (AvgIpc) is 3.31. The van der Waals surface area contributed by atoms with Gasteiger partial charge in [0.1, 0.15) is 11.4 Å². The Labute approximate surface area is 175 Å². The van der Waals surface area contributed by atoms with Crippen molar-refractivity contribution < 1.29 is 14.3 Å². The Kier molecular flexibility index (Phi) is 6.20. The fourth-order valence-electron chi connectivity index (χ4n) is 3.05. The molecular formula is C21H26N6O3. The number of anilines is 1. The number of hydrogen-bond acceptors (Lipinski definition) is 5. The molecule has 0 spiro atoms. The lowest BCUT2D eigenvalue weighted by Gasteiger charge is -2.13. The summed E-state index contributed by atoms with van der Waals surface area (Å²) in [5, 5.41) is 11.2. The summed E-state index contributed by atoms with van der Waals surface area (Å²) >= 11 is 0. The first kappa shape index (κ1) is 21.1. The van der Waals surface area contributed by atoms with Gasteiger partial charge < -0.3 is 15.0 Å². The fraction of sp³-hybridized carbons (Fsp3) is 0.333. The predicted molar refractivity (Wildman–Crippen MR) is 113 cm³/mol.